The molecule has 0 radical (unpaired) electrons. The molecule has 0 aliphatic carbocycles. The van der Waals surface area contributed by atoms with Crippen LogP contribution in [0, 0.1) is 0 Å². The van der Waals surface area contributed by atoms with E-state index in [0.29, 0.717) is 31.8 Å². The Bertz CT molecular complexity index is 471. The van der Waals surface area contributed by atoms with Crippen LogP contribution in [0.3, 0.4) is 0 Å². The van der Waals surface area contributed by atoms with E-state index in [1.54, 1.807) is 0 Å². The van der Waals surface area contributed by atoms with Gasteiger partial charge in [-0.15, -0.1) is 0 Å². The second-order valence-electron chi connectivity index (χ2n) is 5.35. The molecule has 1 fully saturated rings. The van der Waals surface area contributed by atoms with E-state index in [1.807, 2.05) is 13.8 Å². The van der Waals surface area contributed by atoms with Gasteiger partial charge in [-0.3, -0.25) is 0 Å². The predicted molar refractivity (Wildman–Crippen MR) is 76.4 cm³/mol. The van der Waals surface area contributed by atoms with Crippen LogP contribution in [0.15, 0.2) is 0 Å². The van der Waals surface area contributed by atoms with E-state index >= 15 is 0 Å². The summed E-state index contributed by atoms with van der Waals surface area (Å²) in [6.45, 7) is 4.64. The van der Waals surface area contributed by atoms with Crippen LogP contribution in [-0.2, 0) is 19.9 Å². The molecule has 0 bridgehead atoms. The molecule has 1 aliphatic rings. The van der Waals surface area contributed by atoms with Crippen molar-refractivity contribution < 1.29 is 16.8 Å². The summed E-state index contributed by atoms with van der Waals surface area (Å²) in [6, 6.07) is -0.124. The average molecular weight is 312 g/mol. The maximum Gasteiger partial charge on any atom is 0.211 e. The molecule has 2 N–H and O–H groups in total. The van der Waals surface area contributed by atoms with Gasteiger partial charge in [0.2, 0.25) is 10.0 Å². The fourth-order valence-electron chi connectivity index (χ4n) is 2.08. The Labute approximate surface area is 116 Å². The standard InChI is InChI=1S/C11H24N2O4S2/c1-10(2)12-6-4-8-19(16,17)13-11-5-3-7-18(14,15)9-11/h10-13H,3-9H2,1-2H3. The molecule has 19 heavy (non-hydrogen) atoms. The van der Waals surface area contributed by atoms with E-state index in [2.05, 4.69) is 10.0 Å². The summed E-state index contributed by atoms with van der Waals surface area (Å²) >= 11 is 0. The third-order valence-corrected chi connectivity index (χ3v) is 6.29. The molecule has 1 saturated heterocycles. The van der Waals surface area contributed by atoms with Crippen LogP contribution in [0.25, 0.3) is 0 Å². The Hall–Kier alpha value is -0.180. The van der Waals surface area contributed by atoms with E-state index in [9.17, 15) is 16.8 Å². The molecule has 0 aromatic carbocycles. The zero-order valence-corrected chi connectivity index (χ0v) is 13.2. The molecule has 6 nitrogen and oxygen atoms in total. The second-order valence-corrected chi connectivity index (χ2v) is 9.45. The average Bonchev–Trinajstić information content (AvgIpc) is 2.22. The van der Waals surface area contributed by atoms with Crippen LogP contribution >= 0.6 is 0 Å². The van der Waals surface area contributed by atoms with Gasteiger partial charge in [0.1, 0.15) is 0 Å². The van der Waals surface area contributed by atoms with Crippen molar-refractivity contribution in [3.8, 4) is 0 Å². The van der Waals surface area contributed by atoms with E-state index < -0.39 is 25.9 Å². The monoisotopic (exact) mass is 312 g/mol. The van der Waals surface area contributed by atoms with Crippen LogP contribution in [0.1, 0.15) is 33.1 Å². The molecule has 1 aliphatic heterocycles. The Morgan fingerprint density at radius 2 is 2.00 bits per heavy atom. The van der Waals surface area contributed by atoms with Crippen molar-refractivity contribution in [2.45, 2.75) is 45.2 Å². The molecular weight excluding hydrogens is 288 g/mol. The van der Waals surface area contributed by atoms with Gasteiger partial charge in [-0.2, -0.15) is 0 Å². The summed E-state index contributed by atoms with van der Waals surface area (Å²) in [5.74, 6) is 0.128. The summed E-state index contributed by atoms with van der Waals surface area (Å²) in [5.41, 5.74) is 0. The molecule has 1 unspecified atom stereocenters. The molecule has 8 heteroatoms. The fourth-order valence-corrected chi connectivity index (χ4v) is 5.17. The van der Waals surface area contributed by atoms with Gasteiger partial charge in [0.15, 0.2) is 9.84 Å². The Morgan fingerprint density at radius 1 is 1.32 bits per heavy atom. The van der Waals surface area contributed by atoms with Crippen molar-refractivity contribution in [2.75, 3.05) is 23.8 Å². The lowest BCUT2D eigenvalue weighted by Crippen LogP contribution is -2.44. The van der Waals surface area contributed by atoms with Gasteiger partial charge >= 0.3 is 0 Å². The van der Waals surface area contributed by atoms with Crippen LogP contribution in [0.2, 0.25) is 0 Å². The van der Waals surface area contributed by atoms with Crippen molar-refractivity contribution in [2.24, 2.45) is 0 Å². The van der Waals surface area contributed by atoms with Gasteiger partial charge in [0, 0.05) is 12.1 Å². The maximum absolute atomic E-state index is 11.8. The van der Waals surface area contributed by atoms with Crippen molar-refractivity contribution in [3.05, 3.63) is 0 Å². The van der Waals surface area contributed by atoms with Crippen molar-refractivity contribution >= 4 is 19.9 Å². The lowest BCUT2D eigenvalue weighted by Gasteiger charge is -2.22. The summed E-state index contributed by atoms with van der Waals surface area (Å²) in [4.78, 5) is 0. The Morgan fingerprint density at radius 3 is 2.58 bits per heavy atom. The summed E-state index contributed by atoms with van der Waals surface area (Å²) in [5, 5.41) is 3.15. The zero-order valence-electron chi connectivity index (χ0n) is 11.6. The number of nitrogens with one attached hydrogen (secondary N) is 2. The first-order valence-electron chi connectivity index (χ1n) is 6.64. The Kier molecular flexibility index (Phi) is 6.22. The lowest BCUT2D eigenvalue weighted by molar-refractivity contribution is 0.514. The highest BCUT2D eigenvalue weighted by Crippen LogP contribution is 2.13. The highest BCUT2D eigenvalue weighted by molar-refractivity contribution is 7.91. The van der Waals surface area contributed by atoms with Gasteiger partial charge < -0.3 is 5.32 Å². The molecule has 0 aromatic rings. The van der Waals surface area contributed by atoms with Gasteiger partial charge in [0.25, 0.3) is 0 Å². The van der Waals surface area contributed by atoms with Crippen molar-refractivity contribution in [3.63, 3.8) is 0 Å². The number of sulfonamides is 1. The topological polar surface area (TPSA) is 92.3 Å². The molecule has 114 valence electrons. The SMILES string of the molecule is CC(C)NCCCS(=O)(=O)NC1CCCS(=O)(=O)C1. The minimum atomic E-state index is -3.38. The first-order valence-corrected chi connectivity index (χ1v) is 10.1. The van der Waals surface area contributed by atoms with E-state index in [4.69, 9.17) is 0 Å². The van der Waals surface area contributed by atoms with Gasteiger partial charge in [-0.1, -0.05) is 13.8 Å². The maximum atomic E-state index is 11.8. The first kappa shape index (κ1) is 16.9. The van der Waals surface area contributed by atoms with Crippen LogP contribution in [0.4, 0.5) is 0 Å². The minimum absolute atomic E-state index is 0.0310. The summed E-state index contributed by atoms with van der Waals surface area (Å²) in [6.07, 6.45) is 1.65. The normalized spacial score (nSPS) is 23.6. The number of hydrogen-bond donors (Lipinski definition) is 2. The van der Waals surface area contributed by atoms with Crippen molar-refractivity contribution in [1.29, 1.82) is 0 Å². The summed E-state index contributed by atoms with van der Waals surface area (Å²) in [7, 11) is -6.46. The first-order chi connectivity index (χ1) is 8.70. The zero-order chi connectivity index (χ0) is 14.5. The van der Waals surface area contributed by atoms with E-state index in [0.717, 1.165) is 0 Å². The van der Waals surface area contributed by atoms with Crippen molar-refractivity contribution in [1.82, 2.24) is 10.0 Å². The molecule has 1 rings (SSSR count). The van der Waals surface area contributed by atoms with Crippen LogP contribution in [0.5, 0.6) is 0 Å². The van der Waals surface area contributed by atoms with Crippen LogP contribution < -0.4 is 10.0 Å². The molecule has 0 saturated carbocycles. The number of rotatable bonds is 7. The van der Waals surface area contributed by atoms with E-state index in [1.165, 1.54) is 0 Å². The van der Waals surface area contributed by atoms with Gasteiger partial charge in [-0.25, -0.2) is 21.6 Å². The fraction of sp³-hybridized carbons (Fsp3) is 1.00. The predicted octanol–water partition coefficient (Wildman–Crippen LogP) is -0.129. The van der Waals surface area contributed by atoms with E-state index in [-0.39, 0.29) is 17.3 Å². The summed E-state index contributed by atoms with van der Waals surface area (Å²) < 4.78 is 49.0. The highest BCUT2D eigenvalue weighted by Gasteiger charge is 2.27. The third kappa shape index (κ3) is 7.24. The minimum Gasteiger partial charge on any atom is -0.314 e. The largest absolute Gasteiger partial charge is 0.314 e. The smallest absolute Gasteiger partial charge is 0.211 e. The Balaban J connectivity index is 2.37. The molecule has 0 aromatic heterocycles. The molecule has 0 spiro atoms. The van der Waals surface area contributed by atoms with Crippen LogP contribution in [-0.4, -0.2) is 52.7 Å². The third-order valence-electron chi connectivity index (χ3n) is 2.95. The quantitative estimate of drug-likeness (QED) is 0.639. The highest BCUT2D eigenvalue weighted by atomic mass is 32.2. The molecule has 1 heterocycles. The second kappa shape index (κ2) is 7.01. The molecular formula is C11H24N2O4S2. The number of sulfone groups is 1. The molecule has 1 atom stereocenters. The lowest BCUT2D eigenvalue weighted by atomic mass is 10.2. The van der Waals surface area contributed by atoms with Gasteiger partial charge in [0.05, 0.1) is 17.3 Å². The van der Waals surface area contributed by atoms with Gasteiger partial charge in [-0.05, 0) is 25.8 Å². The number of hydrogen-bond acceptors (Lipinski definition) is 5. The molecule has 0 amide bonds.